The molecular weight excluding hydrogens is 336 g/mol. The van der Waals surface area contributed by atoms with E-state index in [-0.39, 0.29) is 5.69 Å². The van der Waals surface area contributed by atoms with Crippen molar-refractivity contribution < 1.29 is 4.92 Å². The van der Waals surface area contributed by atoms with Gasteiger partial charge in [0.1, 0.15) is 9.99 Å². The summed E-state index contributed by atoms with van der Waals surface area (Å²) >= 11 is 3.31. The van der Waals surface area contributed by atoms with E-state index in [4.69, 9.17) is 0 Å². The van der Waals surface area contributed by atoms with Crippen molar-refractivity contribution in [3.05, 3.63) is 62.5 Å². The summed E-state index contributed by atoms with van der Waals surface area (Å²) in [6, 6.07) is 10.7. The second kappa shape index (κ2) is 5.25. The van der Waals surface area contributed by atoms with E-state index in [0.717, 1.165) is 11.4 Å². The topological polar surface area (TPSA) is 73.8 Å². The third-order valence-corrected chi connectivity index (χ3v) is 3.72. The molecule has 0 fully saturated rings. The Balaban J connectivity index is 2.12. The molecule has 0 saturated heterocycles. The molecule has 1 aromatic carbocycles. The number of nitro benzene ring substituents is 1. The normalized spacial score (nSPS) is 11.0. The molecule has 7 heteroatoms. The van der Waals surface area contributed by atoms with Crippen LogP contribution in [0.15, 0.2) is 41.0 Å². The van der Waals surface area contributed by atoms with Gasteiger partial charge in [-0.25, -0.2) is 0 Å². The first-order valence-corrected chi connectivity index (χ1v) is 7.07. The van der Waals surface area contributed by atoms with Gasteiger partial charge in [0.05, 0.1) is 22.7 Å². The first-order valence-electron chi connectivity index (χ1n) is 6.28. The SMILES string of the molecule is Cc1cccc(Cn2nc(Br)c3c([N+](=O)[O-])cccc32)n1. The number of nitrogens with zero attached hydrogens (tertiary/aromatic N) is 4. The quantitative estimate of drug-likeness (QED) is 0.537. The molecular formula is C14H11BrN4O2. The van der Waals surface area contributed by atoms with Crippen molar-refractivity contribution in [3.63, 3.8) is 0 Å². The van der Waals surface area contributed by atoms with Crippen LogP contribution in [0.2, 0.25) is 0 Å². The molecule has 0 N–H and O–H groups in total. The summed E-state index contributed by atoms with van der Waals surface area (Å²) in [5.74, 6) is 0. The zero-order chi connectivity index (χ0) is 15.0. The second-order valence-corrected chi connectivity index (χ2v) is 5.40. The highest BCUT2D eigenvalue weighted by Gasteiger charge is 2.19. The molecule has 0 spiro atoms. The van der Waals surface area contributed by atoms with Crippen LogP contribution in [0, 0.1) is 17.0 Å². The van der Waals surface area contributed by atoms with Gasteiger partial charge in [-0.05, 0) is 41.1 Å². The fraction of sp³-hybridized carbons (Fsp3) is 0.143. The molecule has 0 aliphatic heterocycles. The second-order valence-electron chi connectivity index (χ2n) is 4.65. The number of hydrogen-bond acceptors (Lipinski definition) is 4. The van der Waals surface area contributed by atoms with Crippen LogP contribution in [-0.4, -0.2) is 19.7 Å². The summed E-state index contributed by atoms with van der Waals surface area (Å²) in [6.07, 6.45) is 0. The summed E-state index contributed by atoms with van der Waals surface area (Å²) in [7, 11) is 0. The molecule has 0 amide bonds. The summed E-state index contributed by atoms with van der Waals surface area (Å²) in [4.78, 5) is 15.1. The number of non-ortho nitro benzene ring substituents is 1. The Hall–Kier alpha value is -2.28. The molecule has 21 heavy (non-hydrogen) atoms. The minimum atomic E-state index is -0.399. The Morgan fingerprint density at radius 1 is 1.29 bits per heavy atom. The molecule has 106 valence electrons. The minimum absolute atomic E-state index is 0.0443. The minimum Gasteiger partial charge on any atom is -0.258 e. The van der Waals surface area contributed by atoms with Crippen molar-refractivity contribution in [2.24, 2.45) is 0 Å². The van der Waals surface area contributed by atoms with E-state index in [1.165, 1.54) is 6.07 Å². The molecule has 6 nitrogen and oxygen atoms in total. The van der Waals surface area contributed by atoms with Gasteiger partial charge in [-0.15, -0.1) is 0 Å². The van der Waals surface area contributed by atoms with Gasteiger partial charge in [0.2, 0.25) is 0 Å². The van der Waals surface area contributed by atoms with Gasteiger partial charge in [0.25, 0.3) is 5.69 Å². The summed E-state index contributed by atoms with van der Waals surface area (Å²) < 4.78 is 2.19. The fourth-order valence-corrected chi connectivity index (χ4v) is 2.88. The highest BCUT2D eigenvalue weighted by atomic mass is 79.9. The lowest BCUT2D eigenvalue weighted by Gasteiger charge is -2.04. The van der Waals surface area contributed by atoms with E-state index in [2.05, 4.69) is 26.0 Å². The molecule has 0 aliphatic carbocycles. The average molecular weight is 347 g/mol. The fourth-order valence-electron chi connectivity index (χ4n) is 2.28. The van der Waals surface area contributed by atoms with Gasteiger partial charge in [-0.1, -0.05) is 12.1 Å². The lowest BCUT2D eigenvalue weighted by molar-refractivity contribution is -0.383. The van der Waals surface area contributed by atoms with Crippen molar-refractivity contribution in [2.75, 3.05) is 0 Å². The largest absolute Gasteiger partial charge is 0.281 e. The number of benzene rings is 1. The monoisotopic (exact) mass is 346 g/mol. The number of fused-ring (bicyclic) bond motifs is 1. The van der Waals surface area contributed by atoms with Crippen LogP contribution >= 0.6 is 15.9 Å². The first kappa shape index (κ1) is 13.7. The number of pyridine rings is 1. The Morgan fingerprint density at radius 3 is 2.76 bits per heavy atom. The molecule has 0 bridgehead atoms. The molecule has 3 rings (SSSR count). The number of nitro groups is 1. The van der Waals surface area contributed by atoms with Crippen LogP contribution in [0.25, 0.3) is 10.9 Å². The highest BCUT2D eigenvalue weighted by Crippen LogP contribution is 2.32. The van der Waals surface area contributed by atoms with E-state index in [1.807, 2.05) is 31.2 Å². The number of aromatic nitrogens is 3. The summed E-state index contributed by atoms with van der Waals surface area (Å²) in [5, 5.41) is 16.0. The molecule has 0 atom stereocenters. The van der Waals surface area contributed by atoms with Crippen molar-refractivity contribution in [1.29, 1.82) is 0 Å². The third-order valence-electron chi connectivity index (χ3n) is 3.17. The maximum atomic E-state index is 11.1. The first-order chi connectivity index (χ1) is 10.1. The Morgan fingerprint density at radius 2 is 2.05 bits per heavy atom. The molecule has 0 saturated carbocycles. The van der Waals surface area contributed by atoms with Crippen LogP contribution in [0.1, 0.15) is 11.4 Å². The molecule has 0 radical (unpaired) electrons. The van der Waals surface area contributed by atoms with E-state index in [9.17, 15) is 10.1 Å². The zero-order valence-corrected chi connectivity index (χ0v) is 12.7. The smallest absolute Gasteiger partial charge is 0.258 e. The van der Waals surface area contributed by atoms with Crippen LogP contribution in [-0.2, 0) is 6.54 Å². The van der Waals surface area contributed by atoms with E-state index < -0.39 is 4.92 Å². The number of rotatable bonds is 3. The summed E-state index contributed by atoms with van der Waals surface area (Å²) in [6.45, 7) is 2.39. The number of hydrogen-bond donors (Lipinski definition) is 0. The lowest BCUT2D eigenvalue weighted by atomic mass is 10.2. The molecule has 3 aromatic rings. The predicted octanol–water partition coefficient (Wildman–Crippen LogP) is 3.46. The Labute approximate surface area is 128 Å². The maximum Gasteiger partial charge on any atom is 0.281 e. The van der Waals surface area contributed by atoms with Crippen molar-refractivity contribution in [2.45, 2.75) is 13.5 Å². The Bertz CT molecular complexity index is 844. The van der Waals surface area contributed by atoms with E-state index in [0.29, 0.717) is 22.1 Å². The van der Waals surface area contributed by atoms with Gasteiger partial charge in [-0.3, -0.25) is 19.8 Å². The van der Waals surface area contributed by atoms with Gasteiger partial charge in [-0.2, -0.15) is 5.10 Å². The zero-order valence-electron chi connectivity index (χ0n) is 11.2. The van der Waals surface area contributed by atoms with Crippen molar-refractivity contribution in [3.8, 4) is 0 Å². The average Bonchev–Trinajstić information content (AvgIpc) is 2.75. The summed E-state index contributed by atoms with van der Waals surface area (Å²) in [5.41, 5.74) is 2.54. The molecule has 0 unspecified atom stereocenters. The van der Waals surface area contributed by atoms with Crippen LogP contribution in [0.3, 0.4) is 0 Å². The van der Waals surface area contributed by atoms with E-state index in [1.54, 1.807) is 10.7 Å². The van der Waals surface area contributed by atoms with Crippen LogP contribution in [0.5, 0.6) is 0 Å². The van der Waals surface area contributed by atoms with Crippen LogP contribution in [0.4, 0.5) is 5.69 Å². The van der Waals surface area contributed by atoms with E-state index >= 15 is 0 Å². The molecule has 2 heterocycles. The predicted molar refractivity (Wildman–Crippen MR) is 82.2 cm³/mol. The number of aryl methyl sites for hydroxylation is 1. The van der Waals surface area contributed by atoms with Crippen molar-refractivity contribution >= 4 is 32.5 Å². The van der Waals surface area contributed by atoms with Crippen molar-refractivity contribution in [1.82, 2.24) is 14.8 Å². The molecule has 2 aromatic heterocycles. The Kier molecular flexibility index (Phi) is 3.42. The van der Waals surface area contributed by atoms with Crippen LogP contribution < -0.4 is 0 Å². The van der Waals surface area contributed by atoms with Gasteiger partial charge >= 0.3 is 0 Å². The molecule has 0 aliphatic rings. The maximum absolute atomic E-state index is 11.1. The standard InChI is InChI=1S/C14H11BrN4O2/c1-9-4-2-5-10(16-9)8-18-11-6-3-7-12(19(20)21)13(11)14(15)17-18/h2-7H,8H2,1H3. The number of halogens is 1. The van der Waals surface area contributed by atoms with Gasteiger partial charge in [0, 0.05) is 11.8 Å². The van der Waals surface area contributed by atoms with Gasteiger partial charge in [0.15, 0.2) is 0 Å². The van der Waals surface area contributed by atoms with Gasteiger partial charge < -0.3 is 0 Å². The lowest BCUT2D eigenvalue weighted by Crippen LogP contribution is -2.04. The third kappa shape index (κ3) is 2.52. The highest BCUT2D eigenvalue weighted by molar-refractivity contribution is 9.10.